The molecule has 0 saturated carbocycles. The number of likely N-dealkylation sites (N-methyl/N-ethyl adjacent to an activating group) is 1. The summed E-state index contributed by atoms with van der Waals surface area (Å²) < 4.78 is 5.82. The van der Waals surface area contributed by atoms with E-state index in [1.54, 1.807) is 0 Å². The Kier molecular flexibility index (Phi) is 5.43. The Morgan fingerprint density at radius 1 is 1.25 bits per heavy atom. The smallest absolute Gasteiger partial charge is 0.129 e. The quantitative estimate of drug-likeness (QED) is 0.763. The van der Waals surface area contributed by atoms with Crippen LogP contribution in [0.5, 0.6) is 0 Å². The highest BCUT2D eigenvalue weighted by atomic mass is 16.5. The van der Waals surface area contributed by atoms with Gasteiger partial charge in [0.05, 0.1) is 13.2 Å². The highest BCUT2D eigenvalue weighted by Gasteiger charge is 2.20. The third kappa shape index (κ3) is 4.10. The van der Waals surface area contributed by atoms with E-state index in [1.165, 1.54) is 16.7 Å². The molecule has 0 aromatic carbocycles. The van der Waals surface area contributed by atoms with Gasteiger partial charge in [-0.05, 0) is 56.3 Å². The monoisotopic (exact) mass is 326 g/mol. The van der Waals surface area contributed by atoms with E-state index in [9.17, 15) is 0 Å². The molecule has 128 valence electrons. The maximum absolute atomic E-state index is 5.82. The van der Waals surface area contributed by atoms with Crippen LogP contribution in [0.1, 0.15) is 22.4 Å². The number of nitrogens with zero attached hydrogens (tertiary/aromatic N) is 4. The molecule has 24 heavy (non-hydrogen) atoms. The number of ether oxygens (including phenoxy) is 1. The van der Waals surface area contributed by atoms with Crippen molar-refractivity contribution in [3.05, 3.63) is 53.0 Å². The van der Waals surface area contributed by atoms with Crippen molar-refractivity contribution in [1.82, 2.24) is 14.9 Å². The number of anilines is 1. The summed E-state index contributed by atoms with van der Waals surface area (Å²) in [5.41, 5.74) is 4.97. The lowest BCUT2D eigenvalue weighted by molar-refractivity contribution is 0.104. The Bertz CT molecular complexity index is 687. The predicted octanol–water partition coefficient (Wildman–Crippen LogP) is 2.43. The lowest BCUT2D eigenvalue weighted by Crippen LogP contribution is -2.32. The first-order valence-corrected chi connectivity index (χ1v) is 8.49. The SMILES string of the molecule is Cc1cccc(N2CCc3c(COCCN(C)C)cncc3C2)n1. The normalized spacial score (nSPS) is 14.1. The minimum atomic E-state index is 0.646. The molecule has 0 fully saturated rings. The summed E-state index contributed by atoms with van der Waals surface area (Å²) in [6.45, 7) is 6.21. The van der Waals surface area contributed by atoms with E-state index in [2.05, 4.69) is 46.0 Å². The first-order valence-electron chi connectivity index (χ1n) is 8.49. The maximum Gasteiger partial charge on any atom is 0.129 e. The minimum absolute atomic E-state index is 0.646. The van der Waals surface area contributed by atoms with Crippen molar-refractivity contribution in [3.63, 3.8) is 0 Å². The van der Waals surface area contributed by atoms with Gasteiger partial charge in [-0.2, -0.15) is 0 Å². The Morgan fingerprint density at radius 3 is 2.92 bits per heavy atom. The molecular weight excluding hydrogens is 300 g/mol. The summed E-state index contributed by atoms with van der Waals surface area (Å²) in [6.07, 6.45) is 4.95. The molecule has 0 bridgehead atoms. The van der Waals surface area contributed by atoms with Gasteiger partial charge in [-0.25, -0.2) is 4.98 Å². The summed E-state index contributed by atoms with van der Waals surface area (Å²) in [7, 11) is 4.12. The van der Waals surface area contributed by atoms with E-state index < -0.39 is 0 Å². The lowest BCUT2D eigenvalue weighted by Gasteiger charge is -2.30. The third-order valence-electron chi connectivity index (χ3n) is 4.37. The van der Waals surface area contributed by atoms with Crippen LogP contribution in [0.25, 0.3) is 0 Å². The van der Waals surface area contributed by atoms with Crippen molar-refractivity contribution >= 4 is 5.82 Å². The maximum atomic E-state index is 5.82. The van der Waals surface area contributed by atoms with Crippen molar-refractivity contribution < 1.29 is 4.74 Å². The number of aryl methyl sites for hydroxylation is 1. The van der Waals surface area contributed by atoms with Crippen molar-refractivity contribution in [2.24, 2.45) is 0 Å². The molecule has 3 heterocycles. The van der Waals surface area contributed by atoms with Gasteiger partial charge in [-0.1, -0.05) is 6.07 Å². The molecule has 0 aliphatic carbocycles. The molecule has 0 saturated heterocycles. The van der Waals surface area contributed by atoms with Crippen molar-refractivity contribution in [1.29, 1.82) is 0 Å². The van der Waals surface area contributed by atoms with Crippen molar-refractivity contribution in [3.8, 4) is 0 Å². The van der Waals surface area contributed by atoms with E-state index in [4.69, 9.17) is 4.74 Å². The largest absolute Gasteiger partial charge is 0.375 e. The zero-order chi connectivity index (χ0) is 16.9. The van der Waals surface area contributed by atoms with Crippen LogP contribution in [-0.2, 0) is 24.3 Å². The molecule has 0 N–H and O–H groups in total. The van der Waals surface area contributed by atoms with Crippen LogP contribution in [0.15, 0.2) is 30.6 Å². The standard InChI is InChI=1S/C19H26N4O/c1-15-5-4-6-19(21-15)23-8-7-18-16(13-23)11-20-12-17(18)14-24-10-9-22(2)3/h4-6,11-12H,7-10,13-14H2,1-3H3. The van der Waals surface area contributed by atoms with Gasteiger partial charge in [0, 0.05) is 37.7 Å². The summed E-state index contributed by atoms with van der Waals surface area (Å²) >= 11 is 0. The Labute approximate surface area is 144 Å². The van der Waals surface area contributed by atoms with Gasteiger partial charge in [-0.3, -0.25) is 4.98 Å². The summed E-state index contributed by atoms with van der Waals surface area (Å²) in [5.74, 6) is 1.05. The van der Waals surface area contributed by atoms with Crippen LogP contribution in [0.2, 0.25) is 0 Å². The highest BCUT2D eigenvalue weighted by molar-refractivity contribution is 5.45. The Hall–Kier alpha value is -1.98. The number of rotatable bonds is 6. The van der Waals surface area contributed by atoms with E-state index >= 15 is 0 Å². The highest BCUT2D eigenvalue weighted by Crippen LogP contribution is 2.25. The molecule has 0 amide bonds. The van der Waals surface area contributed by atoms with Gasteiger partial charge in [0.1, 0.15) is 5.82 Å². The van der Waals surface area contributed by atoms with Crippen LogP contribution < -0.4 is 4.90 Å². The van der Waals surface area contributed by atoms with Crippen LogP contribution in [0.4, 0.5) is 5.82 Å². The second-order valence-electron chi connectivity index (χ2n) is 6.60. The van der Waals surface area contributed by atoms with E-state index in [-0.39, 0.29) is 0 Å². The number of hydrogen-bond acceptors (Lipinski definition) is 5. The van der Waals surface area contributed by atoms with Gasteiger partial charge in [0.2, 0.25) is 0 Å². The van der Waals surface area contributed by atoms with Crippen LogP contribution in [0, 0.1) is 6.92 Å². The molecule has 2 aromatic rings. The number of hydrogen-bond donors (Lipinski definition) is 0. The fourth-order valence-corrected chi connectivity index (χ4v) is 3.02. The fraction of sp³-hybridized carbons (Fsp3) is 0.474. The topological polar surface area (TPSA) is 41.5 Å². The lowest BCUT2D eigenvalue weighted by atomic mass is 9.97. The minimum Gasteiger partial charge on any atom is -0.375 e. The summed E-state index contributed by atoms with van der Waals surface area (Å²) in [4.78, 5) is 13.5. The Morgan fingerprint density at radius 2 is 2.12 bits per heavy atom. The molecule has 0 atom stereocenters. The van der Waals surface area contributed by atoms with Gasteiger partial charge < -0.3 is 14.5 Å². The average molecular weight is 326 g/mol. The summed E-state index contributed by atoms with van der Waals surface area (Å²) in [6, 6.07) is 6.19. The molecule has 0 spiro atoms. The zero-order valence-electron chi connectivity index (χ0n) is 14.8. The third-order valence-corrected chi connectivity index (χ3v) is 4.37. The van der Waals surface area contributed by atoms with Crippen LogP contribution in [0.3, 0.4) is 0 Å². The molecule has 5 nitrogen and oxygen atoms in total. The molecule has 2 aromatic heterocycles. The molecule has 1 aliphatic heterocycles. The molecular formula is C19H26N4O. The first kappa shape index (κ1) is 16.9. The van der Waals surface area contributed by atoms with Gasteiger partial charge in [0.15, 0.2) is 0 Å². The first-order chi connectivity index (χ1) is 11.6. The predicted molar refractivity (Wildman–Crippen MR) is 96.2 cm³/mol. The van der Waals surface area contributed by atoms with E-state index in [1.807, 2.05) is 25.4 Å². The molecule has 0 unspecified atom stereocenters. The van der Waals surface area contributed by atoms with Crippen LogP contribution in [-0.4, -0.2) is 48.7 Å². The molecule has 3 rings (SSSR count). The second-order valence-corrected chi connectivity index (χ2v) is 6.60. The molecule has 0 radical (unpaired) electrons. The summed E-state index contributed by atoms with van der Waals surface area (Å²) in [5, 5.41) is 0. The van der Waals surface area contributed by atoms with Gasteiger partial charge >= 0.3 is 0 Å². The number of pyridine rings is 2. The molecule has 1 aliphatic rings. The second kappa shape index (κ2) is 7.73. The zero-order valence-corrected chi connectivity index (χ0v) is 14.8. The number of fused-ring (bicyclic) bond motifs is 1. The van der Waals surface area contributed by atoms with Gasteiger partial charge in [-0.15, -0.1) is 0 Å². The average Bonchev–Trinajstić information content (AvgIpc) is 2.58. The Balaban J connectivity index is 1.68. The van der Waals surface area contributed by atoms with Crippen LogP contribution >= 0.6 is 0 Å². The van der Waals surface area contributed by atoms with Crippen molar-refractivity contribution in [2.75, 3.05) is 38.7 Å². The van der Waals surface area contributed by atoms with E-state index in [0.29, 0.717) is 6.61 Å². The fourth-order valence-electron chi connectivity index (χ4n) is 3.02. The van der Waals surface area contributed by atoms with Gasteiger partial charge in [0.25, 0.3) is 0 Å². The molecule has 5 heteroatoms. The number of aromatic nitrogens is 2. The van der Waals surface area contributed by atoms with Crippen molar-refractivity contribution in [2.45, 2.75) is 26.5 Å². The van der Waals surface area contributed by atoms with E-state index in [0.717, 1.165) is 44.2 Å².